The van der Waals surface area contributed by atoms with Crippen molar-refractivity contribution in [3.05, 3.63) is 45.0 Å². The molecule has 0 aliphatic carbocycles. The molecule has 3 aromatic rings. The zero-order valence-corrected chi connectivity index (χ0v) is 18.6. The summed E-state index contributed by atoms with van der Waals surface area (Å²) in [6, 6.07) is 3.68. The number of ether oxygens (including phenoxy) is 1. The number of aromatic nitrogens is 1. The van der Waals surface area contributed by atoms with Gasteiger partial charge in [-0.25, -0.2) is 9.78 Å². The van der Waals surface area contributed by atoms with Gasteiger partial charge in [0.05, 0.1) is 29.2 Å². The van der Waals surface area contributed by atoms with E-state index in [-0.39, 0.29) is 35.4 Å². The van der Waals surface area contributed by atoms with Gasteiger partial charge in [-0.2, -0.15) is 0 Å². The van der Waals surface area contributed by atoms with E-state index >= 15 is 0 Å². The van der Waals surface area contributed by atoms with Crippen LogP contribution in [-0.4, -0.2) is 36.4 Å². The average Bonchev–Trinajstić information content (AvgIpc) is 3.40. The van der Waals surface area contributed by atoms with E-state index in [1.54, 1.807) is 19.2 Å². The second kappa shape index (κ2) is 9.23. The molecular weight excluding hydrogens is 426 g/mol. The van der Waals surface area contributed by atoms with Gasteiger partial charge in [-0.3, -0.25) is 9.59 Å². The molecular formula is C20H21N3O5S2. The summed E-state index contributed by atoms with van der Waals surface area (Å²) in [5, 5.41) is 8.02. The monoisotopic (exact) mass is 447 g/mol. The third-order valence-electron chi connectivity index (χ3n) is 4.16. The number of carbonyl (C=O) groups excluding carboxylic acids is 3. The van der Waals surface area contributed by atoms with E-state index in [4.69, 9.17) is 9.15 Å². The standard InChI is InChI=1S/C20H21N3O5S2/c1-5-27-20(26)15-11(3)16(17(25)21-4)30-19(15)23-14(24)8-12-9-29-18(22-12)13-7-6-10(2)28-13/h6-7,9H,5,8H2,1-4H3,(H,21,25)(H,23,24). The Morgan fingerprint density at radius 2 is 2.00 bits per heavy atom. The highest BCUT2D eigenvalue weighted by molar-refractivity contribution is 7.18. The van der Waals surface area contributed by atoms with Gasteiger partial charge >= 0.3 is 5.97 Å². The largest absolute Gasteiger partial charge is 0.462 e. The summed E-state index contributed by atoms with van der Waals surface area (Å²) in [5.74, 6) is 0.170. The Morgan fingerprint density at radius 3 is 2.63 bits per heavy atom. The number of rotatable bonds is 7. The van der Waals surface area contributed by atoms with Crippen LogP contribution in [0.15, 0.2) is 21.9 Å². The Labute approximate surface area is 181 Å². The SMILES string of the molecule is CCOC(=O)c1c(NC(=O)Cc2csc(-c3ccc(C)o3)n2)sc(C(=O)NC)c1C. The fourth-order valence-corrected chi connectivity index (χ4v) is 4.70. The van der Waals surface area contributed by atoms with Gasteiger partial charge < -0.3 is 19.8 Å². The van der Waals surface area contributed by atoms with E-state index in [2.05, 4.69) is 15.6 Å². The lowest BCUT2D eigenvalue weighted by Gasteiger charge is -2.06. The molecule has 30 heavy (non-hydrogen) atoms. The molecule has 0 bridgehead atoms. The lowest BCUT2D eigenvalue weighted by molar-refractivity contribution is -0.115. The molecule has 0 saturated heterocycles. The Kier molecular flexibility index (Phi) is 6.68. The van der Waals surface area contributed by atoms with Crippen LogP contribution in [0.3, 0.4) is 0 Å². The molecule has 0 unspecified atom stereocenters. The number of thiazole rings is 1. The molecule has 0 fully saturated rings. The van der Waals surface area contributed by atoms with Crippen molar-refractivity contribution < 1.29 is 23.5 Å². The minimum absolute atomic E-state index is 0.0186. The summed E-state index contributed by atoms with van der Waals surface area (Å²) in [5.41, 5.74) is 1.25. The molecule has 0 aliphatic rings. The summed E-state index contributed by atoms with van der Waals surface area (Å²) in [6.07, 6.45) is 0.0186. The second-order valence-electron chi connectivity index (χ2n) is 6.34. The van der Waals surface area contributed by atoms with E-state index in [9.17, 15) is 14.4 Å². The third-order valence-corrected chi connectivity index (χ3v) is 6.27. The summed E-state index contributed by atoms with van der Waals surface area (Å²) in [7, 11) is 1.50. The van der Waals surface area contributed by atoms with Crippen LogP contribution in [0.2, 0.25) is 0 Å². The quantitative estimate of drug-likeness (QED) is 0.533. The Morgan fingerprint density at radius 1 is 1.23 bits per heavy atom. The first-order chi connectivity index (χ1) is 14.3. The number of anilines is 1. The highest BCUT2D eigenvalue weighted by atomic mass is 32.1. The maximum absolute atomic E-state index is 12.6. The number of hydrogen-bond donors (Lipinski definition) is 2. The molecule has 2 amide bonds. The molecule has 0 aromatic carbocycles. The maximum atomic E-state index is 12.6. The van der Waals surface area contributed by atoms with E-state index in [0.29, 0.717) is 26.9 Å². The molecule has 8 nitrogen and oxygen atoms in total. The number of thiophene rings is 1. The lowest BCUT2D eigenvalue weighted by Crippen LogP contribution is -2.18. The molecule has 0 radical (unpaired) electrons. The van der Waals surface area contributed by atoms with Gasteiger partial charge in [0, 0.05) is 12.4 Å². The number of nitrogens with zero attached hydrogens (tertiary/aromatic N) is 1. The van der Waals surface area contributed by atoms with Crippen molar-refractivity contribution in [1.82, 2.24) is 10.3 Å². The van der Waals surface area contributed by atoms with Crippen molar-refractivity contribution in [2.75, 3.05) is 19.0 Å². The molecule has 158 valence electrons. The lowest BCUT2D eigenvalue weighted by atomic mass is 10.1. The normalized spacial score (nSPS) is 10.7. The average molecular weight is 448 g/mol. The van der Waals surface area contributed by atoms with Crippen molar-refractivity contribution in [2.24, 2.45) is 0 Å². The van der Waals surface area contributed by atoms with Gasteiger partial charge in [-0.15, -0.1) is 22.7 Å². The van der Waals surface area contributed by atoms with Crippen LogP contribution in [-0.2, 0) is 16.0 Å². The van der Waals surface area contributed by atoms with Crippen molar-refractivity contribution in [2.45, 2.75) is 27.2 Å². The Bertz CT molecular complexity index is 1100. The van der Waals surface area contributed by atoms with Crippen molar-refractivity contribution in [3.63, 3.8) is 0 Å². The van der Waals surface area contributed by atoms with Gasteiger partial charge in [-0.05, 0) is 38.5 Å². The van der Waals surface area contributed by atoms with Gasteiger partial charge in [0.2, 0.25) is 5.91 Å². The van der Waals surface area contributed by atoms with E-state index in [0.717, 1.165) is 17.1 Å². The first kappa shape index (κ1) is 21.7. The van der Waals surface area contributed by atoms with E-state index in [1.165, 1.54) is 18.4 Å². The Hall–Kier alpha value is -2.98. The first-order valence-electron chi connectivity index (χ1n) is 9.17. The molecule has 0 atom stereocenters. The van der Waals surface area contributed by atoms with E-state index < -0.39 is 5.97 Å². The molecule has 0 aliphatic heterocycles. The van der Waals surface area contributed by atoms with Crippen LogP contribution in [0, 0.1) is 13.8 Å². The molecule has 2 N–H and O–H groups in total. The van der Waals surface area contributed by atoms with Gasteiger partial charge in [0.1, 0.15) is 10.8 Å². The topological polar surface area (TPSA) is 111 Å². The zero-order chi connectivity index (χ0) is 21.8. The number of aryl methyl sites for hydroxylation is 1. The summed E-state index contributed by atoms with van der Waals surface area (Å²) < 4.78 is 10.7. The third kappa shape index (κ3) is 4.60. The van der Waals surface area contributed by atoms with Gasteiger partial charge in [0.25, 0.3) is 5.91 Å². The number of esters is 1. The highest BCUT2D eigenvalue weighted by Gasteiger charge is 2.26. The van der Waals surface area contributed by atoms with Gasteiger partial charge in [-0.1, -0.05) is 0 Å². The molecule has 0 saturated carbocycles. The Balaban J connectivity index is 1.79. The fourth-order valence-electron chi connectivity index (χ4n) is 2.77. The van der Waals surface area contributed by atoms with Crippen molar-refractivity contribution in [3.8, 4) is 10.8 Å². The van der Waals surface area contributed by atoms with Crippen LogP contribution in [0.5, 0.6) is 0 Å². The van der Waals surface area contributed by atoms with Crippen LogP contribution in [0.25, 0.3) is 10.8 Å². The smallest absolute Gasteiger partial charge is 0.341 e. The molecule has 0 spiro atoms. The van der Waals surface area contributed by atoms with Crippen LogP contribution >= 0.6 is 22.7 Å². The predicted octanol–water partition coefficient (Wildman–Crippen LogP) is 3.80. The summed E-state index contributed by atoms with van der Waals surface area (Å²) in [6.45, 7) is 5.38. The maximum Gasteiger partial charge on any atom is 0.341 e. The minimum atomic E-state index is -0.583. The van der Waals surface area contributed by atoms with Gasteiger partial charge in [0.15, 0.2) is 10.8 Å². The highest BCUT2D eigenvalue weighted by Crippen LogP contribution is 2.34. The number of hydrogen-bond acceptors (Lipinski definition) is 8. The zero-order valence-electron chi connectivity index (χ0n) is 17.0. The fraction of sp³-hybridized carbons (Fsp3) is 0.300. The molecule has 3 heterocycles. The first-order valence-corrected chi connectivity index (χ1v) is 10.9. The number of amides is 2. The second-order valence-corrected chi connectivity index (χ2v) is 8.22. The van der Waals surface area contributed by atoms with E-state index in [1.807, 2.05) is 19.1 Å². The molecule has 3 rings (SSSR count). The minimum Gasteiger partial charge on any atom is -0.462 e. The predicted molar refractivity (Wildman–Crippen MR) is 115 cm³/mol. The number of carbonyl (C=O) groups is 3. The number of nitrogens with one attached hydrogen (secondary N) is 2. The van der Waals surface area contributed by atoms with Crippen molar-refractivity contribution in [1.29, 1.82) is 0 Å². The summed E-state index contributed by atoms with van der Waals surface area (Å²) >= 11 is 2.42. The van der Waals surface area contributed by atoms with Crippen LogP contribution in [0.1, 0.15) is 44.0 Å². The molecule has 3 aromatic heterocycles. The van der Waals surface area contributed by atoms with Crippen LogP contribution in [0.4, 0.5) is 5.00 Å². The molecule has 10 heteroatoms. The number of furan rings is 1. The van der Waals surface area contributed by atoms with Crippen molar-refractivity contribution >= 4 is 45.5 Å². The van der Waals surface area contributed by atoms with Crippen LogP contribution < -0.4 is 10.6 Å². The summed E-state index contributed by atoms with van der Waals surface area (Å²) in [4.78, 5) is 41.9.